The largest absolute Gasteiger partial charge is 0.465 e. The van der Waals surface area contributed by atoms with Gasteiger partial charge in [-0.3, -0.25) is 0 Å². The molecule has 1 aliphatic heterocycles. The molecule has 2 atom stereocenters. The van der Waals surface area contributed by atoms with E-state index in [1.165, 1.54) is 12.1 Å². The zero-order chi connectivity index (χ0) is 14.9. The zero-order valence-corrected chi connectivity index (χ0v) is 11.7. The highest BCUT2D eigenvalue weighted by Crippen LogP contribution is 2.27. The molecule has 0 bridgehead atoms. The Hall–Kier alpha value is -1.69. The summed E-state index contributed by atoms with van der Waals surface area (Å²) in [4.78, 5) is 13.1. The number of anilines is 1. The molecule has 1 fully saturated rings. The van der Waals surface area contributed by atoms with Gasteiger partial charge in [-0.25, -0.2) is 13.6 Å². The van der Waals surface area contributed by atoms with Gasteiger partial charge in [0, 0.05) is 25.2 Å². The Morgan fingerprint density at radius 3 is 2.70 bits per heavy atom. The first-order valence-corrected chi connectivity index (χ1v) is 6.52. The number of nitrogens with one attached hydrogen (secondary N) is 1. The molecule has 6 heteroatoms. The molecular weight excluding hydrogens is 266 g/mol. The van der Waals surface area contributed by atoms with Gasteiger partial charge in [0.05, 0.1) is 18.4 Å². The lowest BCUT2D eigenvalue weighted by molar-refractivity contribution is 0.0594. The third kappa shape index (κ3) is 2.60. The number of halogens is 2. The van der Waals surface area contributed by atoms with E-state index in [0.29, 0.717) is 13.1 Å². The van der Waals surface area contributed by atoms with Crippen LogP contribution in [0.15, 0.2) is 12.1 Å². The van der Waals surface area contributed by atoms with Gasteiger partial charge in [0.25, 0.3) is 0 Å². The fraction of sp³-hybridized carbons (Fsp3) is 0.500. The van der Waals surface area contributed by atoms with Crippen molar-refractivity contribution in [2.24, 2.45) is 0 Å². The molecule has 0 aromatic heterocycles. The van der Waals surface area contributed by atoms with Crippen LogP contribution in [0, 0.1) is 11.6 Å². The molecule has 110 valence electrons. The Morgan fingerprint density at radius 2 is 2.05 bits per heavy atom. The molecule has 1 aromatic carbocycles. The lowest BCUT2D eigenvalue weighted by Crippen LogP contribution is -2.54. The van der Waals surface area contributed by atoms with Crippen LogP contribution in [0.4, 0.5) is 14.5 Å². The average molecular weight is 284 g/mol. The van der Waals surface area contributed by atoms with Gasteiger partial charge in [0.1, 0.15) is 0 Å². The van der Waals surface area contributed by atoms with E-state index < -0.39 is 17.6 Å². The maximum absolute atomic E-state index is 14.2. The number of nitrogens with zero attached hydrogens (tertiary/aromatic N) is 1. The lowest BCUT2D eigenvalue weighted by Gasteiger charge is -2.39. The SMILES string of the molecule is COC(=O)c1ccc(N2CC(C)NCC2C)c(F)c1F. The second-order valence-corrected chi connectivity index (χ2v) is 5.06. The van der Waals surface area contributed by atoms with E-state index >= 15 is 0 Å². The number of methoxy groups -OCH3 is 1. The smallest absolute Gasteiger partial charge is 0.340 e. The summed E-state index contributed by atoms with van der Waals surface area (Å²) in [6.45, 7) is 5.19. The van der Waals surface area contributed by atoms with Gasteiger partial charge in [-0.1, -0.05) is 0 Å². The minimum Gasteiger partial charge on any atom is -0.465 e. The molecule has 4 nitrogen and oxygen atoms in total. The predicted octanol–water partition coefficient (Wildman–Crippen LogP) is 1.94. The maximum atomic E-state index is 14.2. The molecule has 2 rings (SSSR count). The number of hydrogen-bond donors (Lipinski definition) is 1. The van der Waals surface area contributed by atoms with Gasteiger partial charge in [-0.2, -0.15) is 0 Å². The van der Waals surface area contributed by atoms with E-state index in [1.54, 1.807) is 4.90 Å². The van der Waals surface area contributed by atoms with E-state index in [2.05, 4.69) is 10.1 Å². The van der Waals surface area contributed by atoms with Crippen molar-refractivity contribution >= 4 is 11.7 Å². The normalized spacial score (nSPS) is 22.8. The van der Waals surface area contributed by atoms with Gasteiger partial charge in [-0.05, 0) is 26.0 Å². The fourth-order valence-corrected chi connectivity index (χ4v) is 2.39. The highest BCUT2D eigenvalue weighted by Gasteiger charge is 2.27. The zero-order valence-electron chi connectivity index (χ0n) is 11.7. The van der Waals surface area contributed by atoms with Crippen molar-refractivity contribution in [3.05, 3.63) is 29.3 Å². The molecule has 2 unspecified atom stereocenters. The maximum Gasteiger partial charge on any atom is 0.340 e. The second-order valence-electron chi connectivity index (χ2n) is 5.06. The van der Waals surface area contributed by atoms with Crippen molar-refractivity contribution in [2.45, 2.75) is 25.9 Å². The third-order valence-corrected chi connectivity index (χ3v) is 3.54. The summed E-state index contributed by atoms with van der Waals surface area (Å²) >= 11 is 0. The topological polar surface area (TPSA) is 41.6 Å². The predicted molar refractivity (Wildman–Crippen MR) is 72.0 cm³/mol. The summed E-state index contributed by atoms with van der Waals surface area (Å²) in [7, 11) is 1.13. The first-order valence-electron chi connectivity index (χ1n) is 6.52. The van der Waals surface area contributed by atoms with E-state index in [9.17, 15) is 13.6 Å². The number of carbonyl (C=O) groups is 1. The van der Waals surface area contributed by atoms with Crippen LogP contribution in [0.5, 0.6) is 0 Å². The first-order chi connectivity index (χ1) is 9.45. The average Bonchev–Trinajstić information content (AvgIpc) is 2.44. The van der Waals surface area contributed by atoms with Gasteiger partial charge in [0.2, 0.25) is 0 Å². The Labute approximate surface area is 116 Å². The Balaban J connectivity index is 2.38. The van der Waals surface area contributed by atoms with Crippen molar-refractivity contribution in [1.29, 1.82) is 0 Å². The van der Waals surface area contributed by atoms with Crippen molar-refractivity contribution in [2.75, 3.05) is 25.1 Å². The van der Waals surface area contributed by atoms with E-state index in [4.69, 9.17) is 0 Å². The molecule has 0 amide bonds. The second kappa shape index (κ2) is 5.75. The number of ether oxygens (including phenoxy) is 1. The highest BCUT2D eigenvalue weighted by atomic mass is 19.2. The molecule has 1 N–H and O–H groups in total. The van der Waals surface area contributed by atoms with Crippen LogP contribution in [0.3, 0.4) is 0 Å². The summed E-state index contributed by atoms with van der Waals surface area (Å²) in [5.41, 5.74) is -0.208. The molecule has 1 aromatic rings. The third-order valence-electron chi connectivity index (χ3n) is 3.54. The number of hydrogen-bond acceptors (Lipinski definition) is 4. The molecule has 0 aliphatic carbocycles. The standard InChI is InChI=1S/C14H18F2N2O2/c1-8-7-18(9(2)6-17-8)11-5-4-10(14(19)20-3)12(15)13(11)16/h4-5,8-9,17H,6-7H2,1-3H3. The van der Waals surface area contributed by atoms with Crippen LogP contribution in [0.25, 0.3) is 0 Å². The van der Waals surface area contributed by atoms with Gasteiger partial charge >= 0.3 is 5.97 Å². The van der Waals surface area contributed by atoms with Gasteiger partial charge in [0.15, 0.2) is 11.6 Å². The summed E-state index contributed by atoms with van der Waals surface area (Å²) in [6, 6.07) is 2.93. The van der Waals surface area contributed by atoms with E-state index in [-0.39, 0.29) is 23.3 Å². The number of carbonyl (C=O) groups excluding carboxylic acids is 1. The minimum atomic E-state index is -1.16. The monoisotopic (exact) mass is 284 g/mol. The molecule has 20 heavy (non-hydrogen) atoms. The quantitative estimate of drug-likeness (QED) is 0.843. The lowest BCUT2D eigenvalue weighted by atomic mass is 10.1. The summed E-state index contributed by atoms with van der Waals surface area (Å²) < 4.78 is 32.6. The number of piperazine rings is 1. The Bertz CT molecular complexity index is 522. The van der Waals surface area contributed by atoms with Crippen LogP contribution in [0.1, 0.15) is 24.2 Å². The molecule has 1 saturated heterocycles. The van der Waals surface area contributed by atoms with Gasteiger partial charge < -0.3 is 15.0 Å². The summed E-state index contributed by atoms with van der Waals surface area (Å²) in [5, 5.41) is 3.27. The molecule has 1 aliphatic rings. The number of rotatable bonds is 2. The van der Waals surface area contributed by atoms with E-state index in [0.717, 1.165) is 7.11 Å². The molecule has 0 spiro atoms. The summed E-state index contributed by atoms with van der Waals surface area (Å²) in [6.07, 6.45) is 0. The molecule has 0 radical (unpaired) electrons. The van der Waals surface area contributed by atoms with Crippen molar-refractivity contribution in [1.82, 2.24) is 5.32 Å². The summed E-state index contributed by atoms with van der Waals surface area (Å²) in [5.74, 6) is -3.05. The van der Waals surface area contributed by atoms with Crippen LogP contribution in [-0.2, 0) is 4.74 Å². The molecular formula is C14H18F2N2O2. The molecule has 1 heterocycles. The van der Waals surface area contributed by atoms with Crippen LogP contribution in [-0.4, -0.2) is 38.3 Å². The molecule has 0 saturated carbocycles. The van der Waals surface area contributed by atoms with Crippen molar-refractivity contribution < 1.29 is 18.3 Å². The van der Waals surface area contributed by atoms with E-state index in [1.807, 2.05) is 13.8 Å². The number of benzene rings is 1. The van der Waals surface area contributed by atoms with Crippen molar-refractivity contribution in [3.63, 3.8) is 0 Å². The van der Waals surface area contributed by atoms with Crippen LogP contribution < -0.4 is 10.2 Å². The highest BCUT2D eigenvalue weighted by molar-refractivity contribution is 5.90. The van der Waals surface area contributed by atoms with Crippen LogP contribution >= 0.6 is 0 Å². The van der Waals surface area contributed by atoms with Gasteiger partial charge in [-0.15, -0.1) is 0 Å². The minimum absolute atomic E-state index is 0.0454. The number of esters is 1. The van der Waals surface area contributed by atoms with Crippen LogP contribution in [0.2, 0.25) is 0 Å². The fourth-order valence-electron chi connectivity index (χ4n) is 2.39. The Kier molecular flexibility index (Phi) is 4.23. The first kappa shape index (κ1) is 14.7. The Morgan fingerprint density at radius 1 is 1.35 bits per heavy atom. The van der Waals surface area contributed by atoms with Crippen molar-refractivity contribution in [3.8, 4) is 0 Å².